The molecule has 0 aliphatic rings. The van der Waals surface area contributed by atoms with Crippen LogP contribution in [-0.2, 0) is 13.6 Å². The smallest absolute Gasteiger partial charge is 0.295 e. The fraction of sp³-hybridized carbons (Fsp3) is 0.364. The van der Waals surface area contributed by atoms with E-state index in [9.17, 15) is 18.0 Å². The van der Waals surface area contributed by atoms with Gasteiger partial charge in [-0.25, -0.2) is 4.79 Å². The number of alkyl halides is 3. The van der Waals surface area contributed by atoms with Crippen LogP contribution < -0.4 is 5.69 Å². The molecule has 0 aliphatic heterocycles. The minimum Gasteiger partial charge on any atom is -0.295 e. The van der Waals surface area contributed by atoms with Crippen molar-refractivity contribution in [3.63, 3.8) is 0 Å². The number of benzene rings is 1. The first-order chi connectivity index (χ1) is 7.90. The number of halogens is 3. The van der Waals surface area contributed by atoms with Crippen LogP contribution in [0.5, 0.6) is 0 Å². The molecule has 92 valence electrons. The maximum absolute atomic E-state index is 12.2. The Morgan fingerprint density at radius 1 is 1.18 bits per heavy atom. The molecule has 0 amide bonds. The van der Waals surface area contributed by atoms with Crippen molar-refractivity contribution in [1.29, 1.82) is 0 Å². The third kappa shape index (κ3) is 2.20. The maximum Gasteiger partial charge on any atom is 0.390 e. The van der Waals surface area contributed by atoms with Crippen molar-refractivity contribution in [2.24, 2.45) is 7.05 Å². The molecule has 1 aromatic carbocycles. The molecule has 2 aromatic rings. The molecule has 1 aromatic heterocycles. The first-order valence-corrected chi connectivity index (χ1v) is 5.11. The van der Waals surface area contributed by atoms with Gasteiger partial charge in [0.25, 0.3) is 0 Å². The largest absolute Gasteiger partial charge is 0.390 e. The summed E-state index contributed by atoms with van der Waals surface area (Å²) in [5, 5.41) is 0. The first kappa shape index (κ1) is 11.8. The molecule has 1 heterocycles. The van der Waals surface area contributed by atoms with Crippen molar-refractivity contribution in [2.75, 3.05) is 0 Å². The topological polar surface area (TPSA) is 26.9 Å². The van der Waals surface area contributed by atoms with Crippen LogP contribution in [0.4, 0.5) is 13.2 Å². The molecule has 0 saturated carbocycles. The van der Waals surface area contributed by atoms with Crippen molar-refractivity contribution in [3.8, 4) is 0 Å². The molecule has 0 N–H and O–H groups in total. The Morgan fingerprint density at radius 2 is 1.76 bits per heavy atom. The average Bonchev–Trinajstić information content (AvgIpc) is 2.49. The van der Waals surface area contributed by atoms with E-state index in [1.165, 1.54) is 4.57 Å². The molecule has 6 heteroatoms. The molecule has 0 spiro atoms. The summed E-state index contributed by atoms with van der Waals surface area (Å²) >= 11 is 0. The monoisotopic (exact) mass is 244 g/mol. The maximum atomic E-state index is 12.2. The SMILES string of the molecule is Cn1c(=O)n(CCC(F)(F)F)c2ccccc21. The van der Waals surface area contributed by atoms with Crippen molar-refractivity contribution >= 4 is 11.0 Å². The van der Waals surface area contributed by atoms with Crippen molar-refractivity contribution < 1.29 is 13.2 Å². The Bertz CT molecular complexity index is 595. The number of fused-ring (bicyclic) bond motifs is 1. The number of rotatable bonds is 2. The zero-order valence-corrected chi connectivity index (χ0v) is 9.16. The van der Waals surface area contributed by atoms with Gasteiger partial charge in [-0.1, -0.05) is 12.1 Å². The summed E-state index contributed by atoms with van der Waals surface area (Å²) in [7, 11) is 1.55. The van der Waals surface area contributed by atoms with Crippen LogP contribution in [0.15, 0.2) is 29.1 Å². The fourth-order valence-corrected chi connectivity index (χ4v) is 1.82. The highest BCUT2D eigenvalue weighted by Gasteiger charge is 2.27. The van der Waals surface area contributed by atoms with E-state index < -0.39 is 18.3 Å². The van der Waals surface area contributed by atoms with Crippen LogP contribution in [0.2, 0.25) is 0 Å². The van der Waals surface area contributed by atoms with E-state index in [1.54, 1.807) is 31.3 Å². The molecule has 0 unspecified atom stereocenters. The highest BCUT2D eigenvalue weighted by molar-refractivity contribution is 5.75. The summed E-state index contributed by atoms with van der Waals surface area (Å²) in [6.07, 6.45) is -5.25. The second kappa shape index (κ2) is 3.94. The highest BCUT2D eigenvalue weighted by Crippen LogP contribution is 2.21. The highest BCUT2D eigenvalue weighted by atomic mass is 19.4. The Kier molecular flexibility index (Phi) is 2.73. The predicted molar refractivity (Wildman–Crippen MR) is 57.9 cm³/mol. The summed E-state index contributed by atoms with van der Waals surface area (Å²) in [4.78, 5) is 11.8. The number of imidazole rings is 1. The van der Waals surface area contributed by atoms with Crippen LogP contribution in [0.3, 0.4) is 0 Å². The van der Waals surface area contributed by atoms with Gasteiger partial charge in [-0.15, -0.1) is 0 Å². The molecular formula is C11H11F3N2O. The van der Waals surface area contributed by atoms with Crippen LogP contribution in [-0.4, -0.2) is 15.3 Å². The number of nitrogens with zero attached hydrogens (tertiary/aromatic N) is 2. The zero-order valence-electron chi connectivity index (χ0n) is 9.16. The third-order valence-corrected chi connectivity index (χ3v) is 2.67. The first-order valence-electron chi connectivity index (χ1n) is 5.11. The van der Waals surface area contributed by atoms with Gasteiger partial charge in [-0.05, 0) is 12.1 Å². The number of aryl methyl sites for hydroxylation is 2. The lowest BCUT2D eigenvalue weighted by atomic mass is 10.3. The van der Waals surface area contributed by atoms with Gasteiger partial charge in [-0.2, -0.15) is 13.2 Å². The molecule has 0 aliphatic carbocycles. The van der Waals surface area contributed by atoms with E-state index in [2.05, 4.69) is 0 Å². The Balaban J connectivity index is 2.47. The lowest BCUT2D eigenvalue weighted by Gasteiger charge is -2.06. The molecule has 2 rings (SSSR count). The minimum atomic E-state index is -4.25. The summed E-state index contributed by atoms with van der Waals surface area (Å²) in [6.45, 7) is -0.344. The van der Waals surface area contributed by atoms with Gasteiger partial charge in [0.05, 0.1) is 17.5 Å². The number of hydrogen-bond acceptors (Lipinski definition) is 1. The standard InChI is InChI=1S/C11H11F3N2O/c1-15-8-4-2-3-5-9(8)16(10(15)17)7-6-11(12,13)14/h2-5H,6-7H2,1H3. The van der Waals surface area contributed by atoms with Gasteiger partial charge in [-0.3, -0.25) is 9.13 Å². The average molecular weight is 244 g/mol. The molecular weight excluding hydrogens is 233 g/mol. The summed E-state index contributed by atoms with van der Waals surface area (Å²) in [5.74, 6) is 0. The third-order valence-electron chi connectivity index (χ3n) is 2.67. The molecule has 0 fully saturated rings. The normalized spacial score (nSPS) is 12.2. The van der Waals surface area contributed by atoms with Gasteiger partial charge in [0, 0.05) is 13.6 Å². The van der Waals surface area contributed by atoms with E-state index in [0.29, 0.717) is 11.0 Å². The number of hydrogen-bond donors (Lipinski definition) is 0. The predicted octanol–water partition coefficient (Wildman–Crippen LogP) is 2.29. The Labute approximate surface area is 95.1 Å². The lowest BCUT2D eigenvalue weighted by Crippen LogP contribution is -2.24. The van der Waals surface area contributed by atoms with Gasteiger partial charge >= 0.3 is 11.9 Å². The van der Waals surface area contributed by atoms with Crippen LogP contribution >= 0.6 is 0 Å². The fourth-order valence-electron chi connectivity index (χ4n) is 1.82. The van der Waals surface area contributed by atoms with E-state index in [-0.39, 0.29) is 6.54 Å². The van der Waals surface area contributed by atoms with E-state index in [0.717, 1.165) is 4.57 Å². The van der Waals surface area contributed by atoms with E-state index >= 15 is 0 Å². The molecule has 0 atom stereocenters. The van der Waals surface area contributed by atoms with E-state index in [4.69, 9.17) is 0 Å². The summed E-state index contributed by atoms with van der Waals surface area (Å²) < 4.78 is 39.0. The van der Waals surface area contributed by atoms with Crippen LogP contribution in [0, 0.1) is 0 Å². The van der Waals surface area contributed by atoms with Crippen molar-refractivity contribution in [2.45, 2.75) is 19.1 Å². The van der Waals surface area contributed by atoms with Crippen molar-refractivity contribution in [3.05, 3.63) is 34.7 Å². The lowest BCUT2D eigenvalue weighted by molar-refractivity contribution is -0.136. The second-order valence-corrected chi connectivity index (χ2v) is 3.85. The summed E-state index contributed by atoms with van der Waals surface area (Å²) in [6, 6.07) is 6.80. The van der Waals surface area contributed by atoms with E-state index in [1.807, 2.05) is 0 Å². The summed E-state index contributed by atoms with van der Waals surface area (Å²) in [5.41, 5.74) is 0.749. The van der Waals surface area contributed by atoms with Gasteiger partial charge in [0.15, 0.2) is 0 Å². The van der Waals surface area contributed by atoms with Gasteiger partial charge in [0.1, 0.15) is 0 Å². The zero-order chi connectivity index (χ0) is 12.6. The molecule has 0 saturated heterocycles. The molecule has 3 nitrogen and oxygen atoms in total. The second-order valence-electron chi connectivity index (χ2n) is 3.85. The van der Waals surface area contributed by atoms with Crippen LogP contribution in [0.25, 0.3) is 11.0 Å². The van der Waals surface area contributed by atoms with Crippen LogP contribution in [0.1, 0.15) is 6.42 Å². The van der Waals surface area contributed by atoms with Gasteiger partial charge in [0.2, 0.25) is 0 Å². The number of para-hydroxylation sites is 2. The molecule has 17 heavy (non-hydrogen) atoms. The Morgan fingerprint density at radius 3 is 2.35 bits per heavy atom. The minimum absolute atomic E-state index is 0.344. The number of aromatic nitrogens is 2. The Hall–Kier alpha value is -1.72. The van der Waals surface area contributed by atoms with Crippen molar-refractivity contribution in [1.82, 2.24) is 9.13 Å². The molecule has 0 radical (unpaired) electrons. The quantitative estimate of drug-likeness (QED) is 0.796. The molecule has 0 bridgehead atoms. The van der Waals surface area contributed by atoms with Gasteiger partial charge < -0.3 is 0 Å².